The second kappa shape index (κ2) is 7.03. The Kier molecular flexibility index (Phi) is 4.59. The highest BCUT2D eigenvalue weighted by Gasteiger charge is 2.28. The zero-order valence-corrected chi connectivity index (χ0v) is 15.4. The van der Waals surface area contributed by atoms with E-state index in [2.05, 4.69) is 46.1 Å². The van der Waals surface area contributed by atoms with Gasteiger partial charge in [-0.25, -0.2) is 9.97 Å². The Morgan fingerprint density at radius 1 is 1.31 bits per heavy atom. The van der Waals surface area contributed by atoms with Gasteiger partial charge in [-0.2, -0.15) is 5.10 Å². The molecule has 2 atom stereocenters. The van der Waals surface area contributed by atoms with Crippen molar-refractivity contribution < 1.29 is 5.71 Å². The van der Waals surface area contributed by atoms with E-state index in [4.69, 9.17) is 10.7 Å². The van der Waals surface area contributed by atoms with Crippen LogP contribution in [0.2, 0.25) is 0 Å². The molecule has 1 unspecified atom stereocenters. The van der Waals surface area contributed by atoms with Crippen LogP contribution in [-0.4, -0.2) is 39.3 Å². The average molecular weight is 359 g/mol. The van der Waals surface area contributed by atoms with Crippen molar-refractivity contribution in [3.05, 3.63) is 36.5 Å². The average Bonchev–Trinajstić information content (AvgIpc) is 3.07. The number of aromatic amines is 1. The SMILES string of the molecule is CC(C)C[C@@H]1CN(c2cccc(-c3[nH]nc4ncccc34)n2)CCC1N.[HH].[HH].[HH].[HH]. The Morgan fingerprint density at radius 3 is 3.04 bits per heavy atom. The van der Waals surface area contributed by atoms with Crippen molar-refractivity contribution in [2.45, 2.75) is 32.7 Å². The molecule has 1 aliphatic heterocycles. The maximum absolute atomic E-state index is 6.37. The molecular weight excluding hydrogens is 324 g/mol. The number of nitrogens with zero attached hydrogens (tertiary/aromatic N) is 4. The molecule has 4 rings (SSSR count). The summed E-state index contributed by atoms with van der Waals surface area (Å²) in [5, 5.41) is 8.37. The molecular formula is C20H34N6. The van der Waals surface area contributed by atoms with Crippen LogP contribution in [0.25, 0.3) is 22.4 Å². The predicted molar refractivity (Wildman–Crippen MR) is 113 cm³/mol. The number of hydrogen-bond acceptors (Lipinski definition) is 5. The number of nitrogens with two attached hydrogens (primary N) is 1. The van der Waals surface area contributed by atoms with Gasteiger partial charge in [0.1, 0.15) is 5.82 Å². The molecule has 0 aliphatic carbocycles. The van der Waals surface area contributed by atoms with Crippen LogP contribution in [0.5, 0.6) is 0 Å². The van der Waals surface area contributed by atoms with Crippen LogP contribution < -0.4 is 10.6 Å². The molecule has 3 aromatic rings. The summed E-state index contributed by atoms with van der Waals surface area (Å²) in [4.78, 5) is 11.6. The van der Waals surface area contributed by atoms with E-state index in [1.807, 2.05) is 18.2 Å². The molecule has 6 nitrogen and oxygen atoms in total. The highest BCUT2D eigenvalue weighted by Crippen LogP contribution is 2.28. The summed E-state index contributed by atoms with van der Waals surface area (Å²) in [7, 11) is 0. The standard InChI is InChI=1S/C20H26N6.4H2/c1-13(2)11-14-12-26(10-8-16(14)21)18-7-3-6-17(23-18)19-15-5-4-9-22-20(15)25-24-19;;;;/h3-7,9,13-14,16H,8,10-12,21H2,1-2H3,(H,22,24,25);4*1H/t14-,16?;;;;/m1..../s1. The number of nitrogens with one attached hydrogen (secondary N) is 1. The number of aromatic nitrogens is 4. The number of rotatable bonds is 4. The third-order valence-corrected chi connectivity index (χ3v) is 5.21. The van der Waals surface area contributed by atoms with Gasteiger partial charge >= 0.3 is 0 Å². The molecule has 1 fully saturated rings. The van der Waals surface area contributed by atoms with Crippen LogP contribution in [0.3, 0.4) is 0 Å². The van der Waals surface area contributed by atoms with Crippen molar-refractivity contribution >= 4 is 16.9 Å². The smallest absolute Gasteiger partial charge is 0.181 e. The molecule has 3 N–H and O–H groups in total. The number of anilines is 1. The van der Waals surface area contributed by atoms with Gasteiger partial charge in [-0.15, -0.1) is 0 Å². The van der Waals surface area contributed by atoms with E-state index in [0.29, 0.717) is 17.9 Å². The Labute approximate surface area is 159 Å². The van der Waals surface area contributed by atoms with Gasteiger partial charge in [-0.05, 0) is 48.9 Å². The molecule has 0 aromatic carbocycles. The molecule has 1 saturated heterocycles. The molecule has 0 amide bonds. The van der Waals surface area contributed by atoms with Crippen molar-refractivity contribution in [2.75, 3.05) is 18.0 Å². The zero-order valence-electron chi connectivity index (χ0n) is 15.4. The van der Waals surface area contributed by atoms with Gasteiger partial charge in [0.05, 0.1) is 11.4 Å². The van der Waals surface area contributed by atoms with E-state index in [1.165, 1.54) is 0 Å². The molecule has 0 spiro atoms. The van der Waals surface area contributed by atoms with Crippen LogP contribution in [0.4, 0.5) is 5.82 Å². The minimum atomic E-state index is 0. The Morgan fingerprint density at radius 2 is 2.19 bits per heavy atom. The van der Waals surface area contributed by atoms with Crippen LogP contribution in [0.15, 0.2) is 36.5 Å². The fourth-order valence-electron chi connectivity index (χ4n) is 3.90. The van der Waals surface area contributed by atoms with E-state index >= 15 is 0 Å². The summed E-state index contributed by atoms with van der Waals surface area (Å²) in [5.41, 5.74) is 8.90. The van der Waals surface area contributed by atoms with Crippen LogP contribution in [0.1, 0.15) is 32.4 Å². The lowest BCUT2D eigenvalue weighted by Gasteiger charge is -2.38. The van der Waals surface area contributed by atoms with Gasteiger partial charge in [0, 0.05) is 36.4 Å². The Bertz CT molecular complexity index is 904. The van der Waals surface area contributed by atoms with Gasteiger partial charge in [0.2, 0.25) is 0 Å². The van der Waals surface area contributed by atoms with Crippen LogP contribution >= 0.6 is 0 Å². The first-order valence-electron chi connectivity index (χ1n) is 9.39. The maximum Gasteiger partial charge on any atom is 0.181 e. The maximum atomic E-state index is 6.37. The summed E-state index contributed by atoms with van der Waals surface area (Å²) in [6, 6.07) is 10.4. The van der Waals surface area contributed by atoms with E-state index in [1.54, 1.807) is 6.20 Å². The number of pyridine rings is 2. The summed E-state index contributed by atoms with van der Waals surface area (Å²) < 4.78 is 0. The molecule has 144 valence electrons. The monoisotopic (exact) mass is 358 g/mol. The third kappa shape index (κ3) is 3.29. The molecule has 1 aliphatic rings. The van der Waals surface area contributed by atoms with Gasteiger partial charge in [-0.3, -0.25) is 5.10 Å². The van der Waals surface area contributed by atoms with Gasteiger partial charge in [0.25, 0.3) is 0 Å². The molecule has 0 bridgehead atoms. The summed E-state index contributed by atoms with van der Waals surface area (Å²) in [6.07, 6.45) is 3.93. The normalized spacial score (nSPS) is 20.8. The van der Waals surface area contributed by atoms with Crippen molar-refractivity contribution in [3.63, 3.8) is 0 Å². The second-order valence-corrected chi connectivity index (χ2v) is 7.64. The van der Waals surface area contributed by atoms with Crippen molar-refractivity contribution in [1.82, 2.24) is 20.2 Å². The Balaban J connectivity index is 0.00000210. The summed E-state index contributed by atoms with van der Waals surface area (Å²) in [5.74, 6) is 2.19. The largest absolute Gasteiger partial charge is 0.356 e. The highest BCUT2D eigenvalue weighted by molar-refractivity contribution is 5.89. The van der Waals surface area contributed by atoms with Gasteiger partial charge in [-0.1, -0.05) is 19.9 Å². The second-order valence-electron chi connectivity index (χ2n) is 7.64. The fourth-order valence-corrected chi connectivity index (χ4v) is 3.90. The quantitative estimate of drug-likeness (QED) is 0.730. The predicted octanol–water partition coefficient (Wildman–Crippen LogP) is 4.20. The summed E-state index contributed by atoms with van der Waals surface area (Å²) >= 11 is 0. The molecule has 0 radical (unpaired) electrons. The van der Waals surface area contributed by atoms with E-state index in [9.17, 15) is 0 Å². The van der Waals surface area contributed by atoms with E-state index < -0.39 is 0 Å². The minimum Gasteiger partial charge on any atom is -0.356 e. The lowest BCUT2D eigenvalue weighted by Crippen LogP contribution is -2.47. The Hall–Kier alpha value is -2.47. The summed E-state index contributed by atoms with van der Waals surface area (Å²) in [6.45, 7) is 6.46. The molecule has 26 heavy (non-hydrogen) atoms. The first-order valence-corrected chi connectivity index (χ1v) is 9.39. The topological polar surface area (TPSA) is 83.7 Å². The number of H-pyrrole nitrogens is 1. The minimum absolute atomic E-state index is 0. The number of piperidine rings is 1. The van der Waals surface area contributed by atoms with Crippen LogP contribution in [0, 0.1) is 11.8 Å². The highest BCUT2D eigenvalue weighted by atomic mass is 15.2. The number of hydrogen-bond donors (Lipinski definition) is 2. The fraction of sp³-hybridized carbons (Fsp3) is 0.450. The molecule has 0 saturated carbocycles. The molecule has 4 heterocycles. The lowest BCUT2D eigenvalue weighted by molar-refractivity contribution is 0.303. The van der Waals surface area contributed by atoms with Gasteiger partial charge in [0.15, 0.2) is 5.65 Å². The van der Waals surface area contributed by atoms with E-state index in [-0.39, 0.29) is 5.71 Å². The third-order valence-electron chi connectivity index (χ3n) is 5.21. The van der Waals surface area contributed by atoms with Crippen molar-refractivity contribution in [2.24, 2.45) is 17.6 Å². The van der Waals surface area contributed by atoms with Crippen LogP contribution in [-0.2, 0) is 0 Å². The van der Waals surface area contributed by atoms with E-state index in [0.717, 1.165) is 54.2 Å². The van der Waals surface area contributed by atoms with Crippen molar-refractivity contribution in [3.8, 4) is 11.4 Å². The number of fused-ring (bicyclic) bond motifs is 1. The molecule has 3 aromatic heterocycles. The zero-order chi connectivity index (χ0) is 18.1. The van der Waals surface area contributed by atoms with Crippen molar-refractivity contribution in [1.29, 1.82) is 0 Å². The first-order chi connectivity index (χ1) is 12.6. The lowest BCUT2D eigenvalue weighted by atomic mass is 9.86. The molecule has 6 heteroatoms. The first kappa shape index (κ1) is 17.0. The van der Waals surface area contributed by atoms with Gasteiger partial charge < -0.3 is 10.6 Å².